The zero-order chi connectivity index (χ0) is 17.4. The molecule has 1 fully saturated rings. The summed E-state index contributed by atoms with van der Waals surface area (Å²) >= 11 is 0. The van der Waals surface area contributed by atoms with Gasteiger partial charge >= 0.3 is 12.1 Å². The standard InChI is InChI=1S/C17H25N3O4/c1-3-13(2)24-15-8-5-4-7-14(15)19-16(21)18-9-11-20-10-6-12-23-17(20)22/h4-5,7-8,13H,3,6,9-12H2,1-2H3,(H2,18,19,21)/t13-/m0/s1. The number of rotatable bonds is 7. The summed E-state index contributed by atoms with van der Waals surface area (Å²) in [6.45, 7) is 5.93. The highest BCUT2D eigenvalue weighted by molar-refractivity contribution is 5.90. The second-order valence-electron chi connectivity index (χ2n) is 5.67. The lowest BCUT2D eigenvalue weighted by atomic mass is 10.2. The molecule has 0 radical (unpaired) electrons. The van der Waals surface area contributed by atoms with E-state index in [-0.39, 0.29) is 18.2 Å². The Balaban J connectivity index is 1.80. The highest BCUT2D eigenvalue weighted by atomic mass is 16.6. The van der Waals surface area contributed by atoms with E-state index in [1.807, 2.05) is 32.0 Å². The Morgan fingerprint density at radius 3 is 2.96 bits per heavy atom. The fraction of sp³-hybridized carbons (Fsp3) is 0.529. The van der Waals surface area contributed by atoms with Gasteiger partial charge in [0.15, 0.2) is 0 Å². The number of ether oxygens (including phenoxy) is 2. The molecular formula is C17H25N3O4. The molecule has 1 heterocycles. The van der Waals surface area contributed by atoms with E-state index in [1.165, 1.54) is 0 Å². The van der Waals surface area contributed by atoms with Gasteiger partial charge in [0.25, 0.3) is 0 Å². The fourth-order valence-electron chi connectivity index (χ4n) is 2.24. The van der Waals surface area contributed by atoms with Crippen molar-refractivity contribution < 1.29 is 19.1 Å². The number of carbonyl (C=O) groups excluding carboxylic acids is 2. The van der Waals surface area contributed by atoms with Crippen LogP contribution in [0.3, 0.4) is 0 Å². The largest absolute Gasteiger partial charge is 0.489 e. The summed E-state index contributed by atoms with van der Waals surface area (Å²) in [7, 11) is 0. The van der Waals surface area contributed by atoms with E-state index >= 15 is 0 Å². The summed E-state index contributed by atoms with van der Waals surface area (Å²) in [6.07, 6.45) is 1.45. The van der Waals surface area contributed by atoms with Crippen molar-refractivity contribution in [2.45, 2.75) is 32.8 Å². The molecule has 7 nitrogen and oxygen atoms in total. The first-order valence-electron chi connectivity index (χ1n) is 8.32. The number of nitrogens with zero attached hydrogens (tertiary/aromatic N) is 1. The van der Waals surface area contributed by atoms with Crippen LogP contribution in [-0.2, 0) is 4.74 Å². The average molecular weight is 335 g/mol. The molecule has 7 heteroatoms. The minimum Gasteiger partial charge on any atom is -0.489 e. The van der Waals surface area contributed by atoms with E-state index < -0.39 is 0 Å². The van der Waals surface area contributed by atoms with Crippen LogP contribution in [0, 0.1) is 0 Å². The van der Waals surface area contributed by atoms with Crippen LogP contribution in [-0.4, -0.2) is 49.4 Å². The molecule has 2 N–H and O–H groups in total. The van der Waals surface area contributed by atoms with Gasteiger partial charge in [-0.05, 0) is 31.9 Å². The van der Waals surface area contributed by atoms with Crippen LogP contribution in [0.2, 0.25) is 0 Å². The first kappa shape index (κ1) is 17.9. The minimum absolute atomic E-state index is 0.0705. The van der Waals surface area contributed by atoms with E-state index in [4.69, 9.17) is 9.47 Å². The fourth-order valence-corrected chi connectivity index (χ4v) is 2.24. The van der Waals surface area contributed by atoms with E-state index in [1.54, 1.807) is 11.0 Å². The van der Waals surface area contributed by atoms with Crippen LogP contribution in [0.15, 0.2) is 24.3 Å². The van der Waals surface area contributed by atoms with Crippen molar-refractivity contribution in [1.82, 2.24) is 10.2 Å². The van der Waals surface area contributed by atoms with E-state index in [0.29, 0.717) is 37.7 Å². The Morgan fingerprint density at radius 1 is 1.42 bits per heavy atom. The Morgan fingerprint density at radius 2 is 2.21 bits per heavy atom. The molecular weight excluding hydrogens is 310 g/mol. The van der Waals surface area contributed by atoms with Gasteiger partial charge < -0.3 is 25.0 Å². The second kappa shape index (κ2) is 9.00. The molecule has 1 saturated heterocycles. The third-order valence-electron chi connectivity index (χ3n) is 3.76. The van der Waals surface area contributed by atoms with Crippen molar-refractivity contribution in [1.29, 1.82) is 0 Å². The van der Waals surface area contributed by atoms with Crippen LogP contribution in [0.5, 0.6) is 5.75 Å². The molecule has 3 amide bonds. The van der Waals surface area contributed by atoms with Gasteiger partial charge in [0.2, 0.25) is 0 Å². The number of para-hydroxylation sites is 2. The summed E-state index contributed by atoms with van der Waals surface area (Å²) in [6, 6.07) is 6.98. The SMILES string of the molecule is CC[C@H](C)Oc1ccccc1NC(=O)NCCN1CCCOC1=O. The normalized spacial score (nSPS) is 15.4. The molecule has 0 spiro atoms. The van der Waals surface area contributed by atoms with Gasteiger partial charge in [-0.25, -0.2) is 9.59 Å². The van der Waals surface area contributed by atoms with Crippen LogP contribution < -0.4 is 15.4 Å². The third-order valence-corrected chi connectivity index (χ3v) is 3.76. The molecule has 0 aliphatic carbocycles. The number of urea groups is 1. The molecule has 24 heavy (non-hydrogen) atoms. The van der Waals surface area contributed by atoms with E-state index in [9.17, 15) is 9.59 Å². The third kappa shape index (κ3) is 5.33. The minimum atomic E-state index is -0.333. The number of nitrogens with one attached hydrogen (secondary N) is 2. The zero-order valence-corrected chi connectivity index (χ0v) is 14.2. The summed E-state index contributed by atoms with van der Waals surface area (Å²) in [4.78, 5) is 25.1. The van der Waals surface area contributed by atoms with E-state index in [0.717, 1.165) is 12.8 Å². The number of amides is 3. The van der Waals surface area contributed by atoms with Gasteiger partial charge in [-0.2, -0.15) is 0 Å². The topological polar surface area (TPSA) is 79.9 Å². The van der Waals surface area contributed by atoms with Gasteiger partial charge in [0.1, 0.15) is 5.75 Å². The first-order valence-corrected chi connectivity index (χ1v) is 8.32. The molecule has 2 rings (SSSR count). The number of cyclic esters (lactones) is 1. The van der Waals surface area contributed by atoms with Crippen molar-refractivity contribution >= 4 is 17.8 Å². The summed E-state index contributed by atoms with van der Waals surface area (Å²) < 4.78 is 10.7. The molecule has 0 unspecified atom stereocenters. The molecule has 1 aliphatic heterocycles. The van der Waals surface area contributed by atoms with E-state index in [2.05, 4.69) is 10.6 Å². The molecule has 0 aromatic heterocycles. The number of anilines is 1. The van der Waals surface area contributed by atoms with Crippen LogP contribution in [0.25, 0.3) is 0 Å². The van der Waals surface area contributed by atoms with Gasteiger partial charge in [0.05, 0.1) is 18.4 Å². The van der Waals surface area contributed by atoms with Gasteiger partial charge in [-0.1, -0.05) is 19.1 Å². The number of carbonyl (C=O) groups is 2. The molecule has 132 valence electrons. The number of benzene rings is 1. The molecule has 1 aromatic carbocycles. The molecule has 0 saturated carbocycles. The number of hydrogen-bond acceptors (Lipinski definition) is 4. The quantitative estimate of drug-likeness (QED) is 0.803. The zero-order valence-electron chi connectivity index (χ0n) is 14.2. The summed E-state index contributed by atoms with van der Waals surface area (Å²) in [5.41, 5.74) is 0.618. The maximum absolute atomic E-state index is 12.0. The molecule has 1 aliphatic rings. The monoisotopic (exact) mass is 335 g/mol. The Kier molecular flexibility index (Phi) is 6.72. The van der Waals surface area contributed by atoms with Gasteiger partial charge in [-0.3, -0.25) is 0 Å². The van der Waals surface area contributed by atoms with Gasteiger partial charge in [0, 0.05) is 19.6 Å². The maximum atomic E-state index is 12.0. The van der Waals surface area contributed by atoms with Crippen molar-refractivity contribution in [2.24, 2.45) is 0 Å². The Labute approximate surface area is 142 Å². The second-order valence-corrected chi connectivity index (χ2v) is 5.67. The molecule has 1 aromatic rings. The lowest BCUT2D eigenvalue weighted by molar-refractivity contribution is 0.0736. The first-order chi connectivity index (χ1) is 11.6. The maximum Gasteiger partial charge on any atom is 0.409 e. The number of hydrogen-bond donors (Lipinski definition) is 2. The average Bonchev–Trinajstić information content (AvgIpc) is 2.58. The van der Waals surface area contributed by atoms with Crippen molar-refractivity contribution in [3.8, 4) is 5.75 Å². The Hall–Kier alpha value is -2.44. The predicted octanol–water partition coefficient (Wildman–Crippen LogP) is 2.83. The van der Waals surface area contributed by atoms with Gasteiger partial charge in [-0.15, -0.1) is 0 Å². The van der Waals surface area contributed by atoms with Crippen molar-refractivity contribution in [3.63, 3.8) is 0 Å². The highest BCUT2D eigenvalue weighted by Crippen LogP contribution is 2.25. The smallest absolute Gasteiger partial charge is 0.409 e. The van der Waals surface area contributed by atoms with Crippen LogP contribution in [0.4, 0.5) is 15.3 Å². The lowest BCUT2D eigenvalue weighted by Gasteiger charge is -2.26. The summed E-state index contributed by atoms with van der Waals surface area (Å²) in [5, 5.41) is 5.52. The van der Waals surface area contributed by atoms with Crippen LogP contribution >= 0.6 is 0 Å². The van der Waals surface area contributed by atoms with Crippen molar-refractivity contribution in [2.75, 3.05) is 31.6 Å². The highest BCUT2D eigenvalue weighted by Gasteiger charge is 2.19. The summed E-state index contributed by atoms with van der Waals surface area (Å²) in [5.74, 6) is 0.640. The van der Waals surface area contributed by atoms with Crippen LogP contribution in [0.1, 0.15) is 26.7 Å². The molecule has 0 bridgehead atoms. The lowest BCUT2D eigenvalue weighted by Crippen LogP contribution is -2.43. The van der Waals surface area contributed by atoms with Crippen molar-refractivity contribution in [3.05, 3.63) is 24.3 Å². The molecule has 1 atom stereocenters. The predicted molar refractivity (Wildman–Crippen MR) is 91.4 cm³/mol. The Bertz CT molecular complexity index is 565.